The normalized spacial score (nSPS) is 10.4. The van der Waals surface area contributed by atoms with Crippen molar-refractivity contribution in [1.82, 2.24) is 25.7 Å². The van der Waals surface area contributed by atoms with E-state index >= 15 is 0 Å². The van der Waals surface area contributed by atoms with Gasteiger partial charge in [-0.25, -0.2) is 9.97 Å². The Morgan fingerprint density at radius 3 is 2.48 bits per heavy atom. The molecule has 0 saturated heterocycles. The van der Waals surface area contributed by atoms with Crippen molar-refractivity contribution in [3.8, 4) is 11.3 Å². The lowest BCUT2D eigenvalue weighted by Gasteiger charge is -2.11. The first-order valence-corrected chi connectivity index (χ1v) is 7.80. The van der Waals surface area contributed by atoms with Gasteiger partial charge in [-0.15, -0.1) is 0 Å². The molecule has 0 unspecified atom stereocenters. The van der Waals surface area contributed by atoms with Crippen molar-refractivity contribution in [2.24, 2.45) is 5.73 Å². The molecular weight excluding hydrogens is 348 g/mol. The third-order valence-corrected chi connectivity index (χ3v) is 3.38. The average molecular weight is 368 g/mol. The van der Waals surface area contributed by atoms with E-state index in [0.29, 0.717) is 16.8 Å². The average Bonchev–Trinajstić information content (AvgIpc) is 2.64. The van der Waals surface area contributed by atoms with Crippen LogP contribution in [0.25, 0.3) is 11.3 Å². The second-order valence-electron chi connectivity index (χ2n) is 5.65. The zero-order valence-corrected chi connectivity index (χ0v) is 14.9. The molecule has 0 bridgehead atoms. The standard InChI is InChI=1S/C17H20N8O2/c1-25(2)17(27)11-5-3-10(4-6-11)12-9-21-15(20)14(23-12)16(26)24-22-8-7-13(18)19/h3-9,22H,1-2H3,(H3,18,19)(H2,20,21)(H,24,26)/b8-7-. The minimum absolute atomic E-state index is 0.0343. The molecule has 0 saturated carbocycles. The second-order valence-corrected chi connectivity index (χ2v) is 5.65. The molecule has 10 heteroatoms. The molecule has 0 spiro atoms. The summed E-state index contributed by atoms with van der Waals surface area (Å²) in [5.41, 5.74) is 17.3. The molecule has 0 aliphatic carbocycles. The van der Waals surface area contributed by atoms with Gasteiger partial charge in [-0.3, -0.25) is 20.4 Å². The number of nitrogen functional groups attached to an aromatic ring is 1. The lowest BCUT2D eigenvalue weighted by Crippen LogP contribution is -2.35. The molecule has 1 heterocycles. The Hall–Kier alpha value is -3.95. The summed E-state index contributed by atoms with van der Waals surface area (Å²) in [6, 6.07) is 6.77. The maximum atomic E-state index is 12.2. The number of carbonyl (C=O) groups is 2. The van der Waals surface area contributed by atoms with Gasteiger partial charge in [0.2, 0.25) is 0 Å². The maximum absolute atomic E-state index is 12.2. The topological polar surface area (TPSA) is 163 Å². The van der Waals surface area contributed by atoms with Gasteiger partial charge in [0.25, 0.3) is 11.8 Å². The summed E-state index contributed by atoms with van der Waals surface area (Å²) in [4.78, 5) is 33.8. The van der Waals surface area contributed by atoms with Crippen LogP contribution in [0.15, 0.2) is 42.7 Å². The number of rotatable bonds is 6. The van der Waals surface area contributed by atoms with Crippen LogP contribution in [-0.2, 0) is 0 Å². The lowest BCUT2D eigenvalue weighted by atomic mass is 10.1. The molecule has 0 fully saturated rings. The first-order valence-electron chi connectivity index (χ1n) is 7.80. The molecule has 10 nitrogen and oxygen atoms in total. The highest BCUT2D eigenvalue weighted by atomic mass is 16.2. The van der Waals surface area contributed by atoms with Crippen molar-refractivity contribution in [2.75, 3.05) is 19.8 Å². The van der Waals surface area contributed by atoms with Crippen LogP contribution in [-0.4, -0.2) is 46.6 Å². The van der Waals surface area contributed by atoms with Gasteiger partial charge in [0.1, 0.15) is 5.84 Å². The highest BCUT2D eigenvalue weighted by molar-refractivity contribution is 5.97. The predicted octanol–water partition coefficient (Wildman–Crippen LogP) is 0.112. The van der Waals surface area contributed by atoms with Crippen LogP contribution in [0.5, 0.6) is 0 Å². The Morgan fingerprint density at radius 2 is 1.89 bits per heavy atom. The molecule has 0 radical (unpaired) electrons. The molecule has 0 aliphatic heterocycles. The summed E-state index contributed by atoms with van der Waals surface area (Å²) >= 11 is 0. The van der Waals surface area contributed by atoms with Crippen LogP contribution in [0, 0.1) is 5.41 Å². The van der Waals surface area contributed by atoms with Crippen LogP contribution in [0.1, 0.15) is 20.8 Å². The third-order valence-electron chi connectivity index (χ3n) is 3.38. The van der Waals surface area contributed by atoms with E-state index in [1.165, 1.54) is 23.4 Å². The Kier molecular flexibility index (Phi) is 6.05. The Labute approximate surface area is 155 Å². The Morgan fingerprint density at radius 1 is 1.22 bits per heavy atom. The van der Waals surface area contributed by atoms with Gasteiger partial charge >= 0.3 is 0 Å². The fourth-order valence-corrected chi connectivity index (χ4v) is 2.04. The lowest BCUT2D eigenvalue weighted by molar-refractivity contribution is 0.0827. The molecular formula is C17H20N8O2. The molecule has 1 aromatic carbocycles. The first-order chi connectivity index (χ1) is 12.8. The fourth-order valence-electron chi connectivity index (χ4n) is 2.04. The molecule has 0 aliphatic rings. The summed E-state index contributed by atoms with van der Waals surface area (Å²) in [5, 5.41) is 7.04. The van der Waals surface area contributed by atoms with Crippen molar-refractivity contribution in [3.05, 3.63) is 54.0 Å². The number of amides is 2. The number of hydrogen-bond donors (Lipinski definition) is 5. The van der Waals surface area contributed by atoms with Gasteiger partial charge in [0.15, 0.2) is 11.5 Å². The number of carbonyl (C=O) groups excluding carboxylic acids is 2. The first kappa shape index (κ1) is 19.4. The number of amidine groups is 1. The predicted molar refractivity (Wildman–Crippen MR) is 102 cm³/mol. The molecule has 2 amide bonds. The molecule has 2 aromatic rings. The minimum Gasteiger partial charge on any atom is -0.384 e. The summed E-state index contributed by atoms with van der Waals surface area (Å²) in [6.07, 6.45) is 3.98. The van der Waals surface area contributed by atoms with E-state index in [1.54, 1.807) is 38.4 Å². The van der Waals surface area contributed by atoms with Gasteiger partial charge in [-0.1, -0.05) is 12.1 Å². The third kappa shape index (κ3) is 5.01. The van der Waals surface area contributed by atoms with Crippen molar-refractivity contribution in [3.63, 3.8) is 0 Å². The van der Waals surface area contributed by atoms with Crippen molar-refractivity contribution < 1.29 is 9.59 Å². The van der Waals surface area contributed by atoms with Crippen molar-refractivity contribution in [2.45, 2.75) is 0 Å². The number of nitrogens with two attached hydrogens (primary N) is 2. The van der Waals surface area contributed by atoms with E-state index in [0.717, 1.165) is 0 Å². The Bertz CT molecular complexity index is 890. The van der Waals surface area contributed by atoms with E-state index in [1.807, 2.05) is 0 Å². The molecule has 0 atom stereocenters. The SMILES string of the molecule is CN(C)C(=O)c1ccc(-c2cnc(N)c(C(=O)NN/C=C\C(=N)N)n2)cc1. The smallest absolute Gasteiger partial charge is 0.292 e. The number of nitrogens with zero attached hydrogens (tertiary/aromatic N) is 3. The fraction of sp³-hybridized carbons (Fsp3) is 0.118. The van der Waals surface area contributed by atoms with Gasteiger partial charge in [0, 0.05) is 31.4 Å². The highest BCUT2D eigenvalue weighted by Gasteiger charge is 2.15. The van der Waals surface area contributed by atoms with Crippen LogP contribution >= 0.6 is 0 Å². The van der Waals surface area contributed by atoms with E-state index in [-0.39, 0.29) is 23.3 Å². The zero-order valence-electron chi connectivity index (χ0n) is 14.9. The monoisotopic (exact) mass is 368 g/mol. The highest BCUT2D eigenvalue weighted by Crippen LogP contribution is 2.19. The van der Waals surface area contributed by atoms with Crippen LogP contribution in [0.4, 0.5) is 5.82 Å². The number of benzene rings is 1. The molecule has 140 valence electrons. The summed E-state index contributed by atoms with van der Waals surface area (Å²) in [6.45, 7) is 0. The van der Waals surface area contributed by atoms with E-state index < -0.39 is 5.91 Å². The number of hydrazine groups is 1. The van der Waals surface area contributed by atoms with Gasteiger partial charge < -0.3 is 21.8 Å². The van der Waals surface area contributed by atoms with Crippen molar-refractivity contribution in [1.29, 1.82) is 5.41 Å². The summed E-state index contributed by atoms with van der Waals surface area (Å²) in [5.74, 6) is -0.925. The van der Waals surface area contributed by atoms with Gasteiger partial charge in [0.05, 0.1) is 11.9 Å². The van der Waals surface area contributed by atoms with Gasteiger partial charge in [-0.05, 0) is 18.2 Å². The number of aromatic nitrogens is 2. The van der Waals surface area contributed by atoms with Crippen LogP contribution in [0.2, 0.25) is 0 Å². The molecule has 27 heavy (non-hydrogen) atoms. The van der Waals surface area contributed by atoms with Crippen LogP contribution < -0.4 is 22.3 Å². The summed E-state index contributed by atoms with van der Waals surface area (Å²) in [7, 11) is 3.35. The van der Waals surface area contributed by atoms with E-state index in [4.69, 9.17) is 16.9 Å². The molecule has 2 rings (SSSR count). The number of hydrogen-bond acceptors (Lipinski definition) is 7. The largest absolute Gasteiger partial charge is 0.384 e. The number of anilines is 1. The second kappa shape index (κ2) is 8.43. The quantitative estimate of drug-likeness (QED) is 0.274. The van der Waals surface area contributed by atoms with Crippen LogP contribution in [0.3, 0.4) is 0 Å². The van der Waals surface area contributed by atoms with E-state index in [2.05, 4.69) is 20.8 Å². The maximum Gasteiger partial charge on any atom is 0.292 e. The minimum atomic E-state index is -0.602. The van der Waals surface area contributed by atoms with E-state index in [9.17, 15) is 9.59 Å². The number of nitrogens with one attached hydrogen (secondary N) is 3. The zero-order chi connectivity index (χ0) is 20.0. The molecule has 1 aromatic heterocycles. The Balaban J connectivity index is 2.20. The molecule has 7 N–H and O–H groups in total. The van der Waals surface area contributed by atoms with Gasteiger partial charge in [-0.2, -0.15) is 0 Å². The van der Waals surface area contributed by atoms with Crippen molar-refractivity contribution >= 4 is 23.5 Å². The summed E-state index contributed by atoms with van der Waals surface area (Å²) < 4.78 is 0.